The second kappa shape index (κ2) is 6.74. The van der Waals surface area contributed by atoms with E-state index >= 15 is 0 Å². The van der Waals surface area contributed by atoms with E-state index in [-0.39, 0.29) is 6.29 Å². The second-order valence-electron chi connectivity index (χ2n) is 4.39. The summed E-state index contributed by atoms with van der Waals surface area (Å²) in [6.45, 7) is 9.03. The average Bonchev–Trinajstić information content (AvgIpc) is 2.40. The summed E-state index contributed by atoms with van der Waals surface area (Å²) in [5.74, 6) is 2.13. The highest BCUT2D eigenvalue weighted by atomic mass is 16.7. The molecule has 0 saturated carbocycles. The van der Waals surface area contributed by atoms with Gasteiger partial charge in [-0.2, -0.15) is 0 Å². The van der Waals surface area contributed by atoms with Crippen molar-refractivity contribution in [1.82, 2.24) is 0 Å². The maximum absolute atomic E-state index is 5.81. The van der Waals surface area contributed by atoms with E-state index in [1.807, 2.05) is 13.8 Å². The van der Waals surface area contributed by atoms with Crippen molar-refractivity contribution in [2.45, 2.75) is 46.8 Å². The van der Waals surface area contributed by atoms with Gasteiger partial charge in [0, 0.05) is 13.0 Å². The Morgan fingerprint density at radius 2 is 2.12 bits per heavy atom. The number of hydrogen-bond acceptors (Lipinski definition) is 2. The van der Waals surface area contributed by atoms with E-state index < -0.39 is 0 Å². The first-order chi connectivity index (χ1) is 7.65. The molecule has 16 heavy (non-hydrogen) atoms. The average molecular weight is 224 g/mol. The molecule has 0 fully saturated rings. The molecule has 1 rings (SSSR count). The molecular weight excluding hydrogens is 200 g/mol. The standard InChI is InChI=1S/C14H24O2/c1-5-13-8-7-11(3)9-14(10-13)16-12(4)15-6-2/h7-9,11-13H,5-6,10H2,1-4H3. The van der Waals surface area contributed by atoms with Crippen LogP contribution in [0.25, 0.3) is 0 Å². The van der Waals surface area contributed by atoms with Crippen LogP contribution in [-0.2, 0) is 9.47 Å². The molecular formula is C14H24O2. The number of allylic oxidation sites excluding steroid dienone is 4. The van der Waals surface area contributed by atoms with Crippen LogP contribution in [0.5, 0.6) is 0 Å². The molecule has 1 aliphatic carbocycles. The Kier molecular flexibility index (Phi) is 5.61. The highest BCUT2D eigenvalue weighted by Gasteiger charge is 2.14. The molecule has 0 radical (unpaired) electrons. The van der Waals surface area contributed by atoms with Crippen molar-refractivity contribution in [3.8, 4) is 0 Å². The van der Waals surface area contributed by atoms with E-state index in [2.05, 4.69) is 32.1 Å². The molecule has 2 heteroatoms. The zero-order chi connectivity index (χ0) is 12.0. The molecule has 0 N–H and O–H groups in total. The predicted molar refractivity (Wildman–Crippen MR) is 67.0 cm³/mol. The van der Waals surface area contributed by atoms with Crippen molar-refractivity contribution in [2.75, 3.05) is 6.61 Å². The van der Waals surface area contributed by atoms with E-state index in [0.717, 1.165) is 18.6 Å². The molecule has 2 nitrogen and oxygen atoms in total. The van der Waals surface area contributed by atoms with Crippen LogP contribution in [0.4, 0.5) is 0 Å². The van der Waals surface area contributed by atoms with Crippen LogP contribution in [-0.4, -0.2) is 12.9 Å². The zero-order valence-corrected chi connectivity index (χ0v) is 10.9. The van der Waals surface area contributed by atoms with Crippen LogP contribution >= 0.6 is 0 Å². The van der Waals surface area contributed by atoms with Gasteiger partial charge in [-0.25, -0.2) is 0 Å². The van der Waals surface area contributed by atoms with Gasteiger partial charge >= 0.3 is 0 Å². The summed E-state index contributed by atoms with van der Waals surface area (Å²) in [5, 5.41) is 0. The molecule has 3 unspecified atom stereocenters. The molecule has 0 aliphatic heterocycles. The third-order valence-corrected chi connectivity index (χ3v) is 2.84. The van der Waals surface area contributed by atoms with E-state index in [0.29, 0.717) is 18.4 Å². The Bertz CT molecular complexity index is 255. The van der Waals surface area contributed by atoms with Crippen LogP contribution in [0.3, 0.4) is 0 Å². The van der Waals surface area contributed by atoms with Crippen molar-refractivity contribution < 1.29 is 9.47 Å². The fraction of sp³-hybridized carbons (Fsp3) is 0.714. The van der Waals surface area contributed by atoms with Gasteiger partial charge in [0.15, 0.2) is 6.29 Å². The van der Waals surface area contributed by atoms with Crippen LogP contribution in [0.15, 0.2) is 24.0 Å². The van der Waals surface area contributed by atoms with Crippen molar-refractivity contribution in [2.24, 2.45) is 11.8 Å². The minimum atomic E-state index is -0.140. The first-order valence-corrected chi connectivity index (χ1v) is 6.33. The summed E-state index contributed by atoms with van der Waals surface area (Å²) >= 11 is 0. The van der Waals surface area contributed by atoms with Crippen LogP contribution in [0, 0.1) is 11.8 Å². The summed E-state index contributed by atoms with van der Waals surface area (Å²) in [5.41, 5.74) is 0. The van der Waals surface area contributed by atoms with E-state index in [4.69, 9.17) is 9.47 Å². The summed E-state index contributed by atoms with van der Waals surface area (Å²) in [4.78, 5) is 0. The smallest absolute Gasteiger partial charge is 0.196 e. The number of rotatable bonds is 5. The molecule has 1 aliphatic rings. The highest BCUT2D eigenvalue weighted by molar-refractivity contribution is 5.10. The Morgan fingerprint density at radius 1 is 1.38 bits per heavy atom. The van der Waals surface area contributed by atoms with E-state index in [1.54, 1.807) is 0 Å². The first-order valence-electron chi connectivity index (χ1n) is 6.33. The largest absolute Gasteiger partial charge is 0.470 e. The van der Waals surface area contributed by atoms with Crippen LogP contribution in [0.2, 0.25) is 0 Å². The topological polar surface area (TPSA) is 18.5 Å². The zero-order valence-electron chi connectivity index (χ0n) is 10.9. The Morgan fingerprint density at radius 3 is 2.75 bits per heavy atom. The quantitative estimate of drug-likeness (QED) is 0.521. The lowest BCUT2D eigenvalue weighted by molar-refractivity contribution is -0.102. The molecule has 0 aromatic heterocycles. The third kappa shape index (κ3) is 4.40. The highest BCUT2D eigenvalue weighted by Crippen LogP contribution is 2.25. The fourth-order valence-corrected chi connectivity index (χ4v) is 1.93. The monoisotopic (exact) mass is 224 g/mol. The van der Waals surface area contributed by atoms with Crippen LogP contribution < -0.4 is 0 Å². The van der Waals surface area contributed by atoms with Crippen LogP contribution in [0.1, 0.15) is 40.5 Å². The molecule has 0 aromatic rings. The molecule has 0 heterocycles. The number of hydrogen-bond donors (Lipinski definition) is 0. The van der Waals surface area contributed by atoms with Gasteiger partial charge in [-0.05, 0) is 38.2 Å². The lowest BCUT2D eigenvalue weighted by atomic mass is 10.0. The Labute approximate surface area is 99.3 Å². The summed E-state index contributed by atoms with van der Waals surface area (Å²) in [7, 11) is 0. The summed E-state index contributed by atoms with van der Waals surface area (Å²) < 4.78 is 11.2. The number of ether oxygens (including phenoxy) is 2. The molecule has 0 bridgehead atoms. The third-order valence-electron chi connectivity index (χ3n) is 2.84. The minimum absolute atomic E-state index is 0.140. The molecule has 92 valence electrons. The molecule has 0 aromatic carbocycles. The second-order valence-corrected chi connectivity index (χ2v) is 4.39. The molecule has 0 amide bonds. The van der Waals surface area contributed by atoms with Gasteiger partial charge in [0.1, 0.15) is 0 Å². The van der Waals surface area contributed by atoms with Crippen molar-refractivity contribution in [3.63, 3.8) is 0 Å². The fourth-order valence-electron chi connectivity index (χ4n) is 1.93. The molecule has 3 atom stereocenters. The lowest BCUT2D eigenvalue weighted by Crippen LogP contribution is -2.13. The normalized spacial score (nSPS) is 27.1. The summed E-state index contributed by atoms with van der Waals surface area (Å²) in [6.07, 6.45) is 8.78. The van der Waals surface area contributed by atoms with Gasteiger partial charge in [0.2, 0.25) is 0 Å². The molecule has 0 saturated heterocycles. The van der Waals surface area contributed by atoms with Crippen molar-refractivity contribution in [3.05, 3.63) is 24.0 Å². The lowest BCUT2D eigenvalue weighted by Gasteiger charge is -2.19. The van der Waals surface area contributed by atoms with E-state index in [1.165, 1.54) is 0 Å². The van der Waals surface area contributed by atoms with Gasteiger partial charge in [-0.15, -0.1) is 0 Å². The van der Waals surface area contributed by atoms with Gasteiger partial charge in [0.05, 0.1) is 5.76 Å². The van der Waals surface area contributed by atoms with Gasteiger partial charge in [-0.1, -0.05) is 26.0 Å². The Balaban J connectivity index is 2.57. The minimum Gasteiger partial charge on any atom is -0.470 e. The SMILES string of the molecule is CCOC(C)OC1=CC(C)C=CC(CC)C1. The molecule has 0 spiro atoms. The first kappa shape index (κ1) is 13.3. The predicted octanol–water partition coefficient (Wildman–Crippen LogP) is 3.89. The van der Waals surface area contributed by atoms with Gasteiger partial charge in [0.25, 0.3) is 0 Å². The summed E-state index contributed by atoms with van der Waals surface area (Å²) in [6, 6.07) is 0. The van der Waals surface area contributed by atoms with Gasteiger partial charge in [-0.3, -0.25) is 0 Å². The van der Waals surface area contributed by atoms with Gasteiger partial charge < -0.3 is 9.47 Å². The van der Waals surface area contributed by atoms with Crippen molar-refractivity contribution in [1.29, 1.82) is 0 Å². The maximum Gasteiger partial charge on any atom is 0.196 e. The Hall–Kier alpha value is -0.760. The van der Waals surface area contributed by atoms with Crippen molar-refractivity contribution >= 4 is 0 Å². The maximum atomic E-state index is 5.81. The van der Waals surface area contributed by atoms with E-state index in [9.17, 15) is 0 Å².